The predicted octanol–water partition coefficient (Wildman–Crippen LogP) is 2.48. The highest BCUT2D eigenvalue weighted by atomic mass is 16.1. The van der Waals surface area contributed by atoms with Crippen molar-refractivity contribution in [2.75, 3.05) is 11.9 Å². The maximum absolute atomic E-state index is 12.1. The first-order chi connectivity index (χ1) is 11.3. The van der Waals surface area contributed by atoms with E-state index in [2.05, 4.69) is 58.5 Å². The topological polar surface area (TPSA) is 50.6 Å². The molecule has 4 rings (SSSR count). The van der Waals surface area contributed by atoms with E-state index in [0.29, 0.717) is 12.6 Å². The minimum Gasteiger partial charge on any atom is -0.341 e. The fourth-order valence-corrected chi connectivity index (χ4v) is 3.29. The summed E-state index contributed by atoms with van der Waals surface area (Å²) in [6, 6.07) is 15.3. The number of nitrogens with one attached hydrogen (secondary N) is 1. The summed E-state index contributed by atoms with van der Waals surface area (Å²) in [6.07, 6.45) is 2.49. The van der Waals surface area contributed by atoms with Crippen LogP contribution in [0, 0.1) is 0 Å². The van der Waals surface area contributed by atoms with Crippen molar-refractivity contribution >= 4 is 33.4 Å². The number of benzene rings is 2. The highest BCUT2D eigenvalue weighted by Crippen LogP contribution is 2.30. The molecule has 2 aromatic carbocycles. The summed E-state index contributed by atoms with van der Waals surface area (Å²) in [6.45, 7) is 3.61. The van der Waals surface area contributed by atoms with Crippen molar-refractivity contribution < 1.29 is 10.1 Å². The number of anilines is 1. The average molecular weight is 308 g/mol. The molecular weight excluding hydrogens is 286 g/mol. The fourth-order valence-electron chi connectivity index (χ4n) is 3.29. The van der Waals surface area contributed by atoms with E-state index in [1.165, 1.54) is 34.6 Å². The smallest absolute Gasteiger partial charge is 0.279 e. The third-order valence-electron chi connectivity index (χ3n) is 4.63. The van der Waals surface area contributed by atoms with Crippen LogP contribution in [0.25, 0.3) is 21.8 Å². The van der Waals surface area contributed by atoms with Gasteiger partial charge < -0.3 is 15.2 Å². The fraction of sp³-hybridized carbons (Fsp3) is 0.316. The Hall–Kier alpha value is -2.33. The molecule has 0 unspecified atom stereocenters. The number of nitrogens with zero attached hydrogens (tertiary/aromatic N) is 1. The molecular formula is C19H22N3O+. The summed E-state index contributed by atoms with van der Waals surface area (Å²) in [7, 11) is 0. The number of rotatable bonds is 5. The summed E-state index contributed by atoms with van der Waals surface area (Å²) >= 11 is 0. The van der Waals surface area contributed by atoms with E-state index in [-0.39, 0.29) is 5.91 Å². The molecule has 0 bridgehead atoms. The van der Waals surface area contributed by atoms with Gasteiger partial charge in [0.2, 0.25) is 0 Å². The molecule has 0 atom stereocenters. The molecule has 1 fully saturated rings. The zero-order chi connectivity index (χ0) is 15.8. The highest BCUT2D eigenvalue weighted by molar-refractivity contribution is 6.09. The molecule has 1 heterocycles. The maximum atomic E-state index is 12.1. The number of amides is 1. The van der Waals surface area contributed by atoms with Gasteiger partial charge in [-0.25, -0.2) is 0 Å². The van der Waals surface area contributed by atoms with Gasteiger partial charge in [-0.2, -0.15) is 0 Å². The Morgan fingerprint density at radius 3 is 2.74 bits per heavy atom. The summed E-state index contributed by atoms with van der Waals surface area (Å²) in [4.78, 5) is 12.1. The van der Waals surface area contributed by atoms with E-state index in [9.17, 15) is 4.79 Å². The zero-order valence-electron chi connectivity index (χ0n) is 13.4. The van der Waals surface area contributed by atoms with Crippen molar-refractivity contribution in [3.8, 4) is 0 Å². The second-order valence-electron chi connectivity index (χ2n) is 6.32. The molecule has 1 aromatic heterocycles. The van der Waals surface area contributed by atoms with Crippen molar-refractivity contribution in [1.29, 1.82) is 0 Å². The Bertz CT molecular complexity index is 877. The minimum atomic E-state index is 0.0791. The number of hydrogen-bond acceptors (Lipinski definition) is 1. The van der Waals surface area contributed by atoms with E-state index in [4.69, 9.17) is 0 Å². The van der Waals surface area contributed by atoms with Crippen LogP contribution in [-0.2, 0) is 11.3 Å². The number of aromatic nitrogens is 1. The Balaban J connectivity index is 1.66. The second kappa shape index (κ2) is 5.70. The maximum Gasteiger partial charge on any atom is 0.279 e. The van der Waals surface area contributed by atoms with Crippen molar-refractivity contribution in [3.05, 3.63) is 42.5 Å². The van der Waals surface area contributed by atoms with Crippen LogP contribution in [0.1, 0.15) is 19.8 Å². The lowest BCUT2D eigenvalue weighted by molar-refractivity contribution is -0.657. The van der Waals surface area contributed by atoms with Crippen LogP contribution in [0.2, 0.25) is 0 Å². The van der Waals surface area contributed by atoms with Gasteiger partial charge in [0.05, 0.1) is 6.04 Å². The van der Waals surface area contributed by atoms with Gasteiger partial charge >= 0.3 is 0 Å². The first-order valence-corrected chi connectivity index (χ1v) is 8.40. The summed E-state index contributed by atoms with van der Waals surface area (Å²) in [5.41, 5.74) is 3.34. The molecule has 118 valence electrons. The number of fused-ring (bicyclic) bond motifs is 3. The van der Waals surface area contributed by atoms with Gasteiger partial charge in [-0.15, -0.1) is 0 Å². The van der Waals surface area contributed by atoms with Gasteiger partial charge in [0.15, 0.2) is 6.54 Å². The van der Waals surface area contributed by atoms with Crippen LogP contribution >= 0.6 is 0 Å². The molecule has 1 aliphatic carbocycles. The summed E-state index contributed by atoms with van der Waals surface area (Å²) in [5.74, 6) is 0.0791. The molecule has 0 radical (unpaired) electrons. The zero-order valence-corrected chi connectivity index (χ0v) is 13.4. The lowest BCUT2D eigenvalue weighted by Crippen LogP contribution is -2.87. The van der Waals surface area contributed by atoms with Crippen LogP contribution in [0.4, 0.5) is 5.69 Å². The normalized spacial score (nSPS) is 14.5. The number of hydrogen-bond donors (Lipinski definition) is 2. The Kier molecular flexibility index (Phi) is 3.54. The molecule has 23 heavy (non-hydrogen) atoms. The largest absolute Gasteiger partial charge is 0.341 e. The Morgan fingerprint density at radius 1 is 1.17 bits per heavy atom. The van der Waals surface area contributed by atoms with E-state index in [1.807, 2.05) is 6.07 Å². The quantitative estimate of drug-likeness (QED) is 0.747. The molecule has 3 N–H and O–H groups in total. The van der Waals surface area contributed by atoms with E-state index >= 15 is 0 Å². The van der Waals surface area contributed by atoms with Crippen LogP contribution < -0.4 is 10.6 Å². The number of para-hydroxylation sites is 1. The molecule has 1 aliphatic rings. The summed E-state index contributed by atoms with van der Waals surface area (Å²) < 4.78 is 2.32. The molecule has 1 amide bonds. The monoisotopic (exact) mass is 308 g/mol. The molecule has 4 nitrogen and oxygen atoms in total. The van der Waals surface area contributed by atoms with Crippen LogP contribution in [0.3, 0.4) is 0 Å². The van der Waals surface area contributed by atoms with Crippen molar-refractivity contribution in [3.63, 3.8) is 0 Å². The number of carbonyl (C=O) groups excluding carboxylic acids is 1. The van der Waals surface area contributed by atoms with Gasteiger partial charge in [0, 0.05) is 46.9 Å². The van der Waals surface area contributed by atoms with Gasteiger partial charge in [-0.3, -0.25) is 4.79 Å². The Labute approximate surface area is 135 Å². The average Bonchev–Trinajstić information content (AvgIpc) is 3.35. The van der Waals surface area contributed by atoms with Gasteiger partial charge in [0.25, 0.3) is 5.91 Å². The molecule has 3 aromatic rings. The van der Waals surface area contributed by atoms with Crippen LogP contribution in [-0.4, -0.2) is 23.1 Å². The third-order valence-corrected chi connectivity index (χ3v) is 4.63. The SMILES string of the molecule is CCn1c2ccccc2c2cc(NC(=O)C[NH2+]C3CC3)ccc21. The second-order valence-corrected chi connectivity index (χ2v) is 6.32. The van der Waals surface area contributed by atoms with E-state index in [1.54, 1.807) is 0 Å². The molecule has 0 aliphatic heterocycles. The highest BCUT2D eigenvalue weighted by Gasteiger charge is 2.25. The number of carbonyl (C=O) groups is 1. The van der Waals surface area contributed by atoms with E-state index in [0.717, 1.165) is 12.2 Å². The lowest BCUT2D eigenvalue weighted by Gasteiger charge is -2.06. The summed E-state index contributed by atoms with van der Waals surface area (Å²) in [5, 5.41) is 7.61. The molecule has 0 saturated heterocycles. The first-order valence-electron chi connectivity index (χ1n) is 8.40. The molecule has 0 spiro atoms. The number of quaternary nitrogens is 1. The van der Waals surface area contributed by atoms with E-state index < -0.39 is 0 Å². The van der Waals surface area contributed by atoms with Crippen molar-refractivity contribution in [2.45, 2.75) is 32.4 Å². The number of aryl methyl sites for hydroxylation is 1. The standard InChI is InChI=1S/C19H21N3O/c1-2-22-17-6-4-3-5-15(17)16-11-14(9-10-18(16)22)21-19(23)12-20-13-7-8-13/h3-6,9-11,13,20H,2,7-8,12H2,1H3,(H,21,23)/p+1. The third kappa shape index (κ3) is 2.70. The van der Waals surface area contributed by atoms with Crippen molar-refractivity contribution in [2.24, 2.45) is 0 Å². The molecule has 1 saturated carbocycles. The van der Waals surface area contributed by atoms with Gasteiger partial charge in [0.1, 0.15) is 0 Å². The van der Waals surface area contributed by atoms with Crippen LogP contribution in [0.5, 0.6) is 0 Å². The lowest BCUT2D eigenvalue weighted by atomic mass is 10.1. The van der Waals surface area contributed by atoms with Gasteiger partial charge in [-0.05, 0) is 31.2 Å². The predicted molar refractivity (Wildman–Crippen MR) is 93.6 cm³/mol. The Morgan fingerprint density at radius 2 is 1.96 bits per heavy atom. The number of nitrogens with two attached hydrogens (primary N) is 1. The molecule has 4 heteroatoms. The first kappa shape index (κ1) is 14.3. The van der Waals surface area contributed by atoms with Gasteiger partial charge in [-0.1, -0.05) is 18.2 Å². The van der Waals surface area contributed by atoms with Crippen LogP contribution in [0.15, 0.2) is 42.5 Å². The van der Waals surface area contributed by atoms with Crippen molar-refractivity contribution in [1.82, 2.24) is 4.57 Å². The minimum absolute atomic E-state index is 0.0791.